The molecule has 2 N–H and O–H groups in total. The monoisotopic (exact) mass is 262 g/mol. The molecule has 19 heavy (non-hydrogen) atoms. The van der Waals surface area contributed by atoms with Crippen LogP contribution in [0.4, 0.5) is 0 Å². The number of fused-ring (bicyclic) bond motifs is 1. The fourth-order valence-corrected chi connectivity index (χ4v) is 3.86. The lowest BCUT2D eigenvalue weighted by Crippen LogP contribution is -2.40. The summed E-state index contributed by atoms with van der Waals surface area (Å²) in [7, 11) is 0. The van der Waals surface area contributed by atoms with Crippen LogP contribution < -0.4 is 5.73 Å². The maximum atomic E-state index is 6.37. The normalized spacial score (nSPS) is 37.3. The average molecular weight is 262 g/mol. The minimum Gasteiger partial charge on any atom is -0.376 e. The van der Waals surface area contributed by atoms with Gasteiger partial charge in [0, 0.05) is 24.5 Å². The fourth-order valence-electron chi connectivity index (χ4n) is 3.86. The van der Waals surface area contributed by atoms with Gasteiger partial charge in [0.1, 0.15) is 0 Å². The van der Waals surface area contributed by atoms with Crippen LogP contribution in [0, 0.1) is 5.41 Å². The van der Waals surface area contributed by atoms with Gasteiger partial charge in [-0.25, -0.2) is 0 Å². The molecule has 3 unspecified atom stereocenters. The van der Waals surface area contributed by atoms with Crippen molar-refractivity contribution in [1.82, 2.24) is 4.57 Å². The third-order valence-electron chi connectivity index (χ3n) is 5.25. The minimum absolute atomic E-state index is 0.0841. The minimum atomic E-state index is 0.0841. The molecule has 0 bridgehead atoms. The van der Waals surface area contributed by atoms with Crippen LogP contribution in [0.1, 0.15) is 57.8 Å². The van der Waals surface area contributed by atoms with Crippen molar-refractivity contribution in [1.29, 1.82) is 0 Å². The van der Waals surface area contributed by atoms with Gasteiger partial charge in [0.15, 0.2) is 0 Å². The Morgan fingerprint density at radius 2 is 2.11 bits per heavy atom. The first-order valence-electron chi connectivity index (χ1n) is 7.41. The second kappa shape index (κ2) is 4.10. The van der Waals surface area contributed by atoms with E-state index in [9.17, 15) is 0 Å². The van der Waals surface area contributed by atoms with E-state index in [2.05, 4.69) is 44.5 Å². The summed E-state index contributed by atoms with van der Waals surface area (Å²) in [5.41, 5.74) is 9.53. The summed E-state index contributed by atoms with van der Waals surface area (Å²) in [6.07, 6.45) is 5.78. The smallest absolute Gasteiger partial charge is 0.0780 e. The van der Waals surface area contributed by atoms with Gasteiger partial charge in [-0.1, -0.05) is 13.8 Å². The van der Waals surface area contributed by atoms with E-state index in [1.165, 1.54) is 11.3 Å². The van der Waals surface area contributed by atoms with Crippen LogP contribution in [0.2, 0.25) is 0 Å². The van der Waals surface area contributed by atoms with Crippen molar-refractivity contribution in [3.05, 3.63) is 23.5 Å². The predicted molar refractivity (Wildman–Crippen MR) is 77.1 cm³/mol. The van der Waals surface area contributed by atoms with Gasteiger partial charge in [-0.3, -0.25) is 0 Å². The van der Waals surface area contributed by atoms with E-state index in [4.69, 9.17) is 10.5 Å². The molecule has 3 rings (SSSR count). The zero-order valence-electron chi connectivity index (χ0n) is 12.6. The molecule has 0 aromatic carbocycles. The number of ether oxygens (including phenoxy) is 1. The molecule has 3 nitrogen and oxygen atoms in total. The molecule has 3 heteroatoms. The molecular weight excluding hydrogens is 236 g/mol. The zero-order chi connectivity index (χ0) is 13.8. The van der Waals surface area contributed by atoms with E-state index in [0.29, 0.717) is 5.41 Å². The number of nitrogens with two attached hydrogens (primary N) is 1. The van der Waals surface area contributed by atoms with E-state index in [1.54, 1.807) is 0 Å². The van der Waals surface area contributed by atoms with Crippen LogP contribution in [0.15, 0.2) is 12.3 Å². The number of nitrogens with zero attached hydrogens (tertiary/aromatic N) is 1. The standard InChI is InChI=1S/C16H26N2O/c1-11-16(4,6-8-19-11)18-7-5-12-13(17)9-15(2,3)10-14(12)18/h5,7,11,13H,6,8-10,17H2,1-4H3. The SMILES string of the molecule is CC1OCCC1(C)n1ccc2c1CC(C)(C)CC2N. The first kappa shape index (κ1) is 13.2. The summed E-state index contributed by atoms with van der Waals surface area (Å²) in [6, 6.07) is 2.41. The van der Waals surface area contributed by atoms with Crippen molar-refractivity contribution in [2.75, 3.05) is 6.61 Å². The topological polar surface area (TPSA) is 40.2 Å². The Bertz CT molecular complexity index is 491. The largest absolute Gasteiger partial charge is 0.376 e. The van der Waals surface area contributed by atoms with Crippen LogP contribution in [0.25, 0.3) is 0 Å². The molecule has 0 radical (unpaired) electrons. The van der Waals surface area contributed by atoms with Crippen molar-refractivity contribution in [2.24, 2.45) is 11.1 Å². The quantitative estimate of drug-likeness (QED) is 0.845. The lowest BCUT2D eigenvalue weighted by atomic mass is 9.74. The van der Waals surface area contributed by atoms with Crippen molar-refractivity contribution >= 4 is 0 Å². The summed E-state index contributed by atoms with van der Waals surface area (Å²) in [4.78, 5) is 0. The van der Waals surface area contributed by atoms with Gasteiger partial charge < -0.3 is 15.0 Å². The van der Waals surface area contributed by atoms with E-state index in [0.717, 1.165) is 25.9 Å². The summed E-state index contributed by atoms with van der Waals surface area (Å²) < 4.78 is 8.27. The van der Waals surface area contributed by atoms with E-state index >= 15 is 0 Å². The average Bonchev–Trinajstić information content (AvgIpc) is 2.83. The Labute approximate surface area is 116 Å². The highest BCUT2D eigenvalue weighted by molar-refractivity contribution is 5.31. The van der Waals surface area contributed by atoms with Gasteiger partial charge in [0.2, 0.25) is 0 Å². The van der Waals surface area contributed by atoms with Gasteiger partial charge in [-0.2, -0.15) is 0 Å². The summed E-state index contributed by atoms with van der Waals surface area (Å²) in [5.74, 6) is 0. The predicted octanol–water partition coefficient (Wildman–Crippen LogP) is 2.98. The van der Waals surface area contributed by atoms with Crippen LogP contribution in [-0.2, 0) is 16.7 Å². The van der Waals surface area contributed by atoms with Gasteiger partial charge in [-0.05, 0) is 50.2 Å². The molecular formula is C16H26N2O. The highest BCUT2D eigenvalue weighted by Crippen LogP contribution is 2.43. The van der Waals surface area contributed by atoms with Crippen LogP contribution in [0.3, 0.4) is 0 Å². The first-order valence-corrected chi connectivity index (χ1v) is 7.41. The molecule has 1 saturated heterocycles. The molecule has 1 aliphatic heterocycles. The molecule has 1 aromatic heterocycles. The Morgan fingerprint density at radius 3 is 2.74 bits per heavy atom. The zero-order valence-corrected chi connectivity index (χ0v) is 12.6. The first-order chi connectivity index (χ1) is 8.83. The Hall–Kier alpha value is -0.800. The van der Waals surface area contributed by atoms with Gasteiger partial charge in [0.05, 0.1) is 11.6 Å². The molecule has 106 valence electrons. The van der Waals surface area contributed by atoms with Crippen molar-refractivity contribution in [3.8, 4) is 0 Å². The third-order valence-corrected chi connectivity index (χ3v) is 5.25. The molecule has 2 aliphatic rings. The van der Waals surface area contributed by atoms with Crippen LogP contribution in [0.5, 0.6) is 0 Å². The van der Waals surface area contributed by atoms with Crippen molar-refractivity contribution < 1.29 is 4.74 Å². The fraction of sp³-hybridized carbons (Fsp3) is 0.750. The van der Waals surface area contributed by atoms with Crippen LogP contribution >= 0.6 is 0 Å². The summed E-state index contributed by atoms with van der Waals surface area (Å²) >= 11 is 0. The van der Waals surface area contributed by atoms with Crippen molar-refractivity contribution in [3.63, 3.8) is 0 Å². The van der Waals surface area contributed by atoms with E-state index in [-0.39, 0.29) is 17.7 Å². The van der Waals surface area contributed by atoms with Gasteiger partial charge in [-0.15, -0.1) is 0 Å². The maximum Gasteiger partial charge on any atom is 0.0780 e. The molecule has 0 spiro atoms. The number of hydrogen-bond acceptors (Lipinski definition) is 2. The molecule has 0 saturated carbocycles. The Morgan fingerprint density at radius 1 is 1.37 bits per heavy atom. The number of rotatable bonds is 1. The highest BCUT2D eigenvalue weighted by Gasteiger charge is 2.42. The number of hydrogen-bond donors (Lipinski definition) is 1. The lowest BCUT2D eigenvalue weighted by Gasteiger charge is -2.38. The Kier molecular flexibility index (Phi) is 2.84. The van der Waals surface area contributed by atoms with Gasteiger partial charge >= 0.3 is 0 Å². The lowest BCUT2D eigenvalue weighted by molar-refractivity contribution is 0.0738. The van der Waals surface area contributed by atoms with Crippen molar-refractivity contribution in [2.45, 2.75) is 64.6 Å². The molecule has 3 atom stereocenters. The molecule has 0 amide bonds. The maximum absolute atomic E-state index is 6.37. The second-order valence-electron chi connectivity index (χ2n) is 7.36. The highest BCUT2D eigenvalue weighted by atomic mass is 16.5. The summed E-state index contributed by atoms with van der Waals surface area (Å²) in [6.45, 7) is 10.0. The third kappa shape index (κ3) is 1.95. The summed E-state index contributed by atoms with van der Waals surface area (Å²) in [5, 5.41) is 0. The second-order valence-corrected chi connectivity index (χ2v) is 7.36. The molecule has 1 fully saturated rings. The van der Waals surface area contributed by atoms with E-state index in [1.807, 2.05) is 0 Å². The molecule has 1 aromatic rings. The van der Waals surface area contributed by atoms with Crippen LogP contribution in [-0.4, -0.2) is 17.3 Å². The molecule has 1 aliphatic carbocycles. The number of aromatic nitrogens is 1. The van der Waals surface area contributed by atoms with E-state index < -0.39 is 0 Å². The van der Waals surface area contributed by atoms with Gasteiger partial charge in [0.25, 0.3) is 0 Å². The molecule has 2 heterocycles. The Balaban J connectivity index is 2.06.